The second-order valence-electron chi connectivity index (χ2n) is 1.88. The van der Waals surface area contributed by atoms with Crippen molar-refractivity contribution < 1.29 is 0 Å². The molecule has 0 nitrogen and oxygen atoms in total. The monoisotopic (exact) mass is 140 g/mol. The molecule has 0 aromatic carbocycles. The van der Waals surface area contributed by atoms with Crippen LogP contribution < -0.4 is 0 Å². The second kappa shape index (κ2) is 2.24. The van der Waals surface area contributed by atoms with Crippen LogP contribution in [0.2, 0.25) is 13.1 Å². The van der Waals surface area contributed by atoms with E-state index in [1.165, 1.54) is 0 Å². The fraction of sp³-hybridized carbons (Fsp3) is 1.00. The van der Waals surface area contributed by atoms with Gasteiger partial charge in [0.1, 0.15) is 0 Å². The fourth-order valence-corrected chi connectivity index (χ4v) is 0. The summed E-state index contributed by atoms with van der Waals surface area (Å²) in [6.07, 6.45) is 0. The van der Waals surface area contributed by atoms with Crippen LogP contribution in [0.5, 0.6) is 0 Å². The fourth-order valence-electron chi connectivity index (χ4n) is 0. The van der Waals surface area contributed by atoms with Crippen molar-refractivity contribution in [2.45, 2.75) is 13.1 Å². The minimum Gasteiger partial charge on any atom is -0.181 e. The van der Waals surface area contributed by atoms with E-state index in [9.17, 15) is 0 Å². The van der Waals surface area contributed by atoms with E-state index in [-0.39, 0.29) is 0 Å². The zero-order valence-corrected chi connectivity index (χ0v) is 6.68. The molecule has 0 aromatic heterocycles. The molecule has 0 saturated heterocycles. The summed E-state index contributed by atoms with van der Waals surface area (Å²) in [4.78, 5) is 0. The van der Waals surface area contributed by atoms with Gasteiger partial charge in [0, 0.05) is 0 Å². The number of hydrogen-bond donors (Lipinski definition) is 1. The highest BCUT2D eigenvalue weighted by Gasteiger charge is 2.12. The first kappa shape index (κ1) is 6.86. The van der Waals surface area contributed by atoms with Crippen molar-refractivity contribution in [3.63, 3.8) is 0 Å². The molecule has 0 atom stereocenters. The lowest BCUT2D eigenvalue weighted by molar-refractivity contribution is 1.84. The summed E-state index contributed by atoms with van der Waals surface area (Å²) < 4.78 is 0. The molecule has 0 amide bonds. The zero-order chi connectivity index (χ0) is 5.21. The Bertz CT molecular complexity index is 40.5. The van der Waals surface area contributed by atoms with Gasteiger partial charge in [-0.3, -0.25) is 0 Å². The van der Waals surface area contributed by atoms with Gasteiger partial charge in [-0.2, -0.15) is 23.7 Å². The highest BCUT2D eigenvalue weighted by molar-refractivity contribution is 7.83. The van der Waals surface area contributed by atoms with Crippen LogP contribution in [0.1, 0.15) is 0 Å². The van der Waals surface area contributed by atoms with Gasteiger partial charge in [0.2, 0.25) is 0 Å². The Morgan fingerprint density at radius 1 is 1.67 bits per heavy atom. The van der Waals surface area contributed by atoms with E-state index in [1.54, 1.807) is 0 Å². The summed E-state index contributed by atoms with van der Waals surface area (Å²) in [5.74, 6) is 0. The molecule has 0 unspecified atom stereocenters. The van der Waals surface area contributed by atoms with Crippen LogP contribution in [0, 0.1) is 0 Å². The largest absolute Gasteiger partial charge is 0.181 e. The van der Waals surface area contributed by atoms with Crippen molar-refractivity contribution in [1.29, 1.82) is 0 Å². The molecule has 0 bridgehead atoms. The van der Waals surface area contributed by atoms with Crippen LogP contribution in [0.25, 0.3) is 0 Å². The third-order valence-electron chi connectivity index (χ3n) is 0.376. The van der Waals surface area contributed by atoms with Crippen molar-refractivity contribution >= 4 is 31.1 Å². The number of hydrogen-bond acceptors (Lipinski definition) is 1. The van der Waals surface area contributed by atoms with Gasteiger partial charge in [-0.05, 0) is 5.38 Å². The highest BCUT2D eigenvalue weighted by Crippen LogP contribution is 2.07. The van der Waals surface area contributed by atoms with E-state index < -0.39 is 7.38 Å². The maximum atomic E-state index is 5.78. The van der Waals surface area contributed by atoms with Crippen LogP contribution >= 0.6 is 23.7 Å². The minimum absolute atomic E-state index is 0.870. The van der Waals surface area contributed by atoms with E-state index in [0.717, 1.165) is 5.38 Å². The summed E-state index contributed by atoms with van der Waals surface area (Å²) >= 11 is 9.81. The van der Waals surface area contributed by atoms with Gasteiger partial charge >= 0.3 is 0 Å². The Labute approximate surface area is 50.0 Å². The molecule has 0 radical (unpaired) electrons. The second-order valence-corrected chi connectivity index (χ2v) is 9.65. The predicted molar refractivity (Wildman–Crippen MR) is 37.2 cm³/mol. The van der Waals surface area contributed by atoms with Crippen molar-refractivity contribution in [2.24, 2.45) is 0 Å². The molecule has 0 aliphatic heterocycles. The Morgan fingerprint density at radius 3 is 1.83 bits per heavy atom. The van der Waals surface area contributed by atoms with Crippen LogP contribution in [-0.4, -0.2) is 12.8 Å². The number of halogens is 1. The normalized spacial score (nSPS) is 12.0. The first-order valence-corrected chi connectivity index (χ1v) is 6.71. The first-order chi connectivity index (χ1) is 2.56. The molecule has 0 heterocycles. The van der Waals surface area contributed by atoms with Crippen molar-refractivity contribution in [3.05, 3.63) is 0 Å². The molecule has 0 aromatic rings. The molecule has 3 heteroatoms. The lowest BCUT2D eigenvalue weighted by atomic mass is 11.8. The summed E-state index contributed by atoms with van der Waals surface area (Å²) in [7, 11) is -1.29. The Kier molecular flexibility index (Phi) is 2.56. The molecule has 0 saturated carbocycles. The SMILES string of the molecule is C[Si](C)(Cl)CS. The average molecular weight is 141 g/mol. The number of thiol groups is 1. The maximum Gasteiger partial charge on any atom is 0.159 e. The van der Waals surface area contributed by atoms with Crippen molar-refractivity contribution in [2.75, 3.05) is 5.38 Å². The molecule has 0 aliphatic rings. The Hall–Kier alpha value is 0.857. The van der Waals surface area contributed by atoms with Gasteiger partial charge in [0.25, 0.3) is 0 Å². The molecule has 0 N–H and O–H groups in total. The van der Waals surface area contributed by atoms with E-state index in [2.05, 4.69) is 25.7 Å². The molecule has 0 fully saturated rings. The minimum atomic E-state index is -1.29. The van der Waals surface area contributed by atoms with E-state index in [4.69, 9.17) is 11.1 Å². The highest BCUT2D eigenvalue weighted by atomic mass is 35.6. The van der Waals surface area contributed by atoms with Crippen LogP contribution in [0.15, 0.2) is 0 Å². The lowest BCUT2D eigenvalue weighted by Crippen LogP contribution is -2.18. The van der Waals surface area contributed by atoms with Crippen LogP contribution in [-0.2, 0) is 0 Å². The van der Waals surface area contributed by atoms with Gasteiger partial charge in [0.15, 0.2) is 7.38 Å². The lowest BCUT2D eigenvalue weighted by Gasteiger charge is -2.04. The molecule has 38 valence electrons. The average Bonchev–Trinajstić information content (AvgIpc) is 1.35. The molecule has 0 spiro atoms. The first-order valence-electron chi connectivity index (χ1n) is 1.86. The predicted octanol–water partition coefficient (Wildman–Crippen LogP) is 1.90. The van der Waals surface area contributed by atoms with Crippen molar-refractivity contribution in [1.82, 2.24) is 0 Å². The van der Waals surface area contributed by atoms with Gasteiger partial charge in [-0.25, -0.2) is 0 Å². The summed E-state index contributed by atoms with van der Waals surface area (Å²) in [5, 5.41) is 0.870. The van der Waals surface area contributed by atoms with Gasteiger partial charge < -0.3 is 0 Å². The molecular formula is C3H9ClSSi. The van der Waals surface area contributed by atoms with Gasteiger partial charge in [-0.15, -0.1) is 0 Å². The standard InChI is InChI=1S/C3H9ClSSi/c1-6(2,4)3-5/h5H,3H2,1-2H3. The third kappa shape index (κ3) is 4.86. The van der Waals surface area contributed by atoms with E-state index in [1.807, 2.05) is 0 Å². The quantitative estimate of drug-likeness (QED) is 0.321. The zero-order valence-electron chi connectivity index (χ0n) is 4.03. The maximum absolute atomic E-state index is 5.78. The molecule has 0 aliphatic carbocycles. The molecule has 6 heavy (non-hydrogen) atoms. The smallest absolute Gasteiger partial charge is 0.159 e. The topological polar surface area (TPSA) is 0 Å². The van der Waals surface area contributed by atoms with Gasteiger partial charge in [0.05, 0.1) is 0 Å². The molecular weight excluding hydrogens is 132 g/mol. The van der Waals surface area contributed by atoms with Crippen LogP contribution in [0.3, 0.4) is 0 Å². The summed E-state index contributed by atoms with van der Waals surface area (Å²) in [5.41, 5.74) is 0. The Balaban J connectivity index is 3.17. The van der Waals surface area contributed by atoms with Crippen LogP contribution in [0.4, 0.5) is 0 Å². The third-order valence-corrected chi connectivity index (χ3v) is 4.46. The summed E-state index contributed by atoms with van der Waals surface area (Å²) in [6, 6.07) is 0. The molecule has 0 rings (SSSR count). The number of rotatable bonds is 1. The Morgan fingerprint density at radius 2 is 1.83 bits per heavy atom. The van der Waals surface area contributed by atoms with E-state index in [0.29, 0.717) is 0 Å². The summed E-state index contributed by atoms with van der Waals surface area (Å²) in [6.45, 7) is 4.14. The van der Waals surface area contributed by atoms with E-state index >= 15 is 0 Å². The van der Waals surface area contributed by atoms with Gasteiger partial charge in [-0.1, -0.05) is 13.1 Å². The van der Waals surface area contributed by atoms with Crippen molar-refractivity contribution in [3.8, 4) is 0 Å².